The van der Waals surface area contributed by atoms with Crippen molar-refractivity contribution in [3.8, 4) is 11.5 Å². The third-order valence-electron chi connectivity index (χ3n) is 6.10. The van der Waals surface area contributed by atoms with Crippen LogP contribution >= 0.6 is 0 Å². The Morgan fingerprint density at radius 1 is 1.12 bits per heavy atom. The lowest BCUT2D eigenvalue weighted by atomic mass is 9.94. The van der Waals surface area contributed by atoms with Gasteiger partial charge in [0.05, 0.1) is 24.5 Å². The van der Waals surface area contributed by atoms with Crippen LogP contribution in [0, 0.1) is 0 Å². The van der Waals surface area contributed by atoms with Crippen molar-refractivity contribution in [2.45, 2.75) is 32.7 Å². The number of aromatic nitrogens is 2. The van der Waals surface area contributed by atoms with Gasteiger partial charge in [-0.25, -0.2) is 4.79 Å². The van der Waals surface area contributed by atoms with E-state index in [1.54, 1.807) is 48.4 Å². The molecule has 4 aromatic rings. The number of esters is 1. The fourth-order valence-electron chi connectivity index (χ4n) is 4.37. The predicted molar refractivity (Wildman–Crippen MR) is 128 cm³/mol. The average Bonchev–Trinajstić information content (AvgIpc) is 3.57. The third kappa shape index (κ3) is 3.59. The van der Waals surface area contributed by atoms with Gasteiger partial charge in [-0.1, -0.05) is 38.1 Å². The van der Waals surface area contributed by atoms with Crippen molar-refractivity contribution < 1.29 is 18.7 Å². The summed E-state index contributed by atoms with van der Waals surface area (Å²) in [4.78, 5) is 27.4. The molecular formula is C27H25N3O4. The van der Waals surface area contributed by atoms with E-state index >= 15 is 0 Å². The minimum atomic E-state index is -0.406. The summed E-state index contributed by atoms with van der Waals surface area (Å²) in [5.41, 5.74) is 5.09. The smallest absolute Gasteiger partial charge is 0.338 e. The molecule has 2 aromatic carbocycles. The van der Waals surface area contributed by atoms with E-state index in [2.05, 4.69) is 48.3 Å². The normalized spacial score (nSPS) is 15.1. The Hall–Kier alpha value is -4.13. The van der Waals surface area contributed by atoms with Gasteiger partial charge < -0.3 is 9.15 Å². The van der Waals surface area contributed by atoms with Gasteiger partial charge in [0, 0.05) is 11.3 Å². The second-order valence-corrected chi connectivity index (χ2v) is 8.50. The molecule has 1 aliphatic rings. The van der Waals surface area contributed by atoms with Crippen LogP contribution in [0.3, 0.4) is 0 Å². The lowest BCUT2D eigenvalue weighted by Gasteiger charge is -2.27. The van der Waals surface area contributed by atoms with Crippen molar-refractivity contribution in [3.05, 3.63) is 94.9 Å². The molecule has 0 aliphatic carbocycles. The summed E-state index contributed by atoms with van der Waals surface area (Å²) in [7, 11) is 0. The van der Waals surface area contributed by atoms with Crippen LogP contribution in [0.1, 0.15) is 70.3 Å². The Bertz CT molecular complexity index is 1320. The maximum absolute atomic E-state index is 13.6. The number of hydrogen-bond donors (Lipinski definition) is 1. The summed E-state index contributed by atoms with van der Waals surface area (Å²) in [6, 6.07) is 18.4. The number of hydrogen-bond acceptors (Lipinski definition) is 5. The zero-order valence-corrected chi connectivity index (χ0v) is 19.2. The van der Waals surface area contributed by atoms with Crippen LogP contribution in [-0.4, -0.2) is 28.7 Å². The second kappa shape index (κ2) is 8.67. The Morgan fingerprint density at radius 3 is 2.47 bits per heavy atom. The predicted octanol–water partition coefficient (Wildman–Crippen LogP) is 5.72. The van der Waals surface area contributed by atoms with Gasteiger partial charge in [-0.2, -0.15) is 5.10 Å². The molecule has 0 saturated carbocycles. The molecule has 1 aliphatic heterocycles. The Balaban J connectivity index is 1.62. The summed E-state index contributed by atoms with van der Waals surface area (Å²) in [6.45, 7) is 6.36. The van der Waals surface area contributed by atoms with Crippen LogP contribution in [0.2, 0.25) is 0 Å². The van der Waals surface area contributed by atoms with Gasteiger partial charge in [0.2, 0.25) is 0 Å². The molecule has 0 bridgehead atoms. The lowest BCUT2D eigenvalue weighted by Crippen LogP contribution is -2.29. The first-order chi connectivity index (χ1) is 16.5. The fraction of sp³-hybridized carbons (Fsp3) is 0.222. The molecule has 7 heteroatoms. The molecule has 7 nitrogen and oxygen atoms in total. The molecule has 172 valence electrons. The number of benzene rings is 2. The highest BCUT2D eigenvalue weighted by Crippen LogP contribution is 2.45. The van der Waals surface area contributed by atoms with Gasteiger partial charge in [-0.15, -0.1) is 0 Å². The number of carbonyl (C=O) groups excluding carboxylic acids is 2. The van der Waals surface area contributed by atoms with E-state index in [-0.39, 0.29) is 5.91 Å². The minimum absolute atomic E-state index is 0.217. The molecule has 1 N–H and O–H groups in total. The van der Waals surface area contributed by atoms with E-state index in [9.17, 15) is 9.59 Å². The van der Waals surface area contributed by atoms with Crippen molar-refractivity contribution in [1.29, 1.82) is 0 Å². The van der Waals surface area contributed by atoms with E-state index < -0.39 is 12.0 Å². The summed E-state index contributed by atoms with van der Waals surface area (Å²) in [5, 5.41) is 7.35. The van der Waals surface area contributed by atoms with Crippen LogP contribution in [0.5, 0.6) is 0 Å². The van der Waals surface area contributed by atoms with Crippen LogP contribution in [0.4, 0.5) is 5.69 Å². The van der Waals surface area contributed by atoms with Crippen molar-refractivity contribution in [2.75, 3.05) is 11.5 Å². The molecule has 5 rings (SSSR count). The van der Waals surface area contributed by atoms with Gasteiger partial charge in [0.25, 0.3) is 5.91 Å². The van der Waals surface area contributed by atoms with Gasteiger partial charge in [0.15, 0.2) is 11.5 Å². The summed E-state index contributed by atoms with van der Waals surface area (Å²) in [6.07, 6.45) is 1.59. The molecule has 0 unspecified atom stereocenters. The third-order valence-corrected chi connectivity index (χ3v) is 6.10. The van der Waals surface area contributed by atoms with Crippen LogP contribution < -0.4 is 4.90 Å². The molecule has 34 heavy (non-hydrogen) atoms. The number of ether oxygens (including phenoxy) is 1. The highest BCUT2D eigenvalue weighted by atomic mass is 16.5. The first-order valence-electron chi connectivity index (χ1n) is 11.3. The van der Waals surface area contributed by atoms with Crippen molar-refractivity contribution >= 4 is 17.6 Å². The number of amides is 1. The lowest BCUT2D eigenvalue weighted by molar-refractivity contribution is 0.0526. The van der Waals surface area contributed by atoms with E-state index in [0.29, 0.717) is 40.9 Å². The first kappa shape index (κ1) is 21.7. The highest BCUT2D eigenvalue weighted by molar-refractivity contribution is 6.11. The maximum Gasteiger partial charge on any atom is 0.338 e. The largest absolute Gasteiger partial charge is 0.463 e. The quantitative estimate of drug-likeness (QED) is 0.376. The highest BCUT2D eigenvalue weighted by Gasteiger charge is 2.43. The van der Waals surface area contributed by atoms with Crippen LogP contribution in [0.25, 0.3) is 11.5 Å². The molecule has 0 radical (unpaired) electrons. The zero-order valence-electron chi connectivity index (χ0n) is 19.2. The number of aromatic amines is 1. The number of rotatable bonds is 6. The van der Waals surface area contributed by atoms with E-state index in [1.165, 1.54) is 5.56 Å². The summed E-state index contributed by atoms with van der Waals surface area (Å²) in [5.74, 6) is 0.403. The average molecular weight is 456 g/mol. The molecule has 0 spiro atoms. The number of anilines is 1. The monoisotopic (exact) mass is 455 g/mol. The Morgan fingerprint density at radius 2 is 1.85 bits per heavy atom. The summed E-state index contributed by atoms with van der Waals surface area (Å²) >= 11 is 0. The number of fused-ring (bicyclic) bond motifs is 1. The van der Waals surface area contributed by atoms with Crippen LogP contribution in [0.15, 0.2) is 71.3 Å². The van der Waals surface area contributed by atoms with Gasteiger partial charge in [-0.05, 0) is 60.4 Å². The van der Waals surface area contributed by atoms with Crippen molar-refractivity contribution in [1.82, 2.24) is 10.2 Å². The number of nitrogens with zero attached hydrogens (tertiary/aromatic N) is 2. The maximum atomic E-state index is 13.6. The molecule has 1 atom stereocenters. The molecule has 2 aromatic heterocycles. The standard InChI is InChI=1S/C27H25N3O4/c1-4-33-27(32)19-11-13-20(14-12-19)30-25(18-9-7-17(8-10-18)16(2)3)22-23(21-6-5-15-34-21)28-29-24(22)26(30)31/h5-16,25H,4H2,1-3H3,(H,28,29)/t25-/m0/s1. The molecule has 0 saturated heterocycles. The van der Waals surface area contributed by atoms with Gasteiger partial charge in [-0.3, -0.25) is 14.8 Å². The van der Waals surface area contributed by atoms with E-state index in [4.69, 9.17) is 9.15 Å². The number of H-pyrrole nitrogens is 1. The van der Waals surface area contributed by atoms with Crippen molar-refractivity contribution in [3.63, 3.8) is 0 Å². The molecular weight excluding hydrogens is 430 g/mol. The minimum Gasteiger partial charge on any atom is -0.463 e. The topological polar surface area (TPSA) is 88.4 Å². The Kier molecular flexibility index (Phi) is 5.53. The van der Waals surface area contributed by atoms with Gasteiger partial charge >= 0.3 is 5.97 Å². The number of nitrogens with one attached hydrogen (secondary N) is 1. The number of furan rings is 1. The fourth-order valence-corrected chi connectivity index (χ4v) is 4.37. The van der Waals surface area contributed by atoms with E-state index in [0.717, 1.165) is 11.1 Å². The number of carbonyl (C=O) groups is 2. The first-order valence-corrected chi connectivity index (χ1v) is 11.3. The SMILES string of the molecule is CCOC(=O)c1ccc(N2C(=O)c3n[nH]c(-c4ccco4)c3[C@@H]2c2ccc(C(C)C)cc2)cc1. The van der Waals surface area contributed by atoms with Crippen LogP contribution in [-0.2, 0) is 4.74 Å². The summed E-state index contributed by atoms with van der Waals surface area (Å²) < 4.78 is 10.7. The zero-order chi connectivity index (χ0) is 23.8. The second-order valence-electron chi connectivity index (χ2n) is 8.50. The van der Waals surface area contributed by atoms with E-state index in [1.807, 2.05) is 6.07 Å². The van der Waals surface area contributed by atoms with Crippen molar-refractivity contribution in [2.24, 2.45) is 0 Å². The molecule has 0 fully saturated rings. The van der Waals surface area contributed by atoms with Gasteiger partial charge in [0.1, 0.15) is 5.69 Å². The Labute approximate surface area is 197 Å². The molecule has 3 heterocycles. The molecule has 1 amide bonds.